The van der Waals surface area contributed by atoms with E-state index >= 15 is 0 Å². The van der Waals surface area contributed by atoms with E-state index in [2.05, 4.69) is 20.2 Å². The molecule has 0 amide bonds. The number of anilines is 1. The van der Waals surface area contributed by atoms with Gasteiger partial charge in [0.15, 0.2) is 5.16 Å². The zero-order valence-electron chi connectivity index (χ0n) is 11.9. The van der Waals surface area contributed by atoms with Gasteiger partial charge in [0.05, 0.1) is 0 Å². The highest BCUT2D eigenvalue weighted by molar-refractivity contribution is 7.98. The molecule has 2 fully saturated rings. The lowest BCUT2D eigenvalue weighted by Gasteiger charge is -2.31. The summed E-state index contributed by atoms with van der Waals surface area (Å²) in [6, 6.07) is 3.17. The highest BCUT2D eigenvalue weighted by Gasteiger charge is 2.29. The maximum absolute atomic E-state index is 5.45. The van der Waals surface area contributed by atoms with Crippen LogP contribution in [0, 0.1) is 0 Å². The van der Waals surface area contributed by atoms with E-state index in [1.54, 1.807) is 11.8 Å². The van der Waals surface area contributed by atoms with E-state index in [0.29, 0.717) is 12.1 Å². The molecule has 6 heteroatoms. The smallest absolute Gasteiger partial charge is 0.189 e. The number of nitrogens with zero attached hydrogens (tertiary/aromatic N) is 3. The first-order valence-corrected chi connectivity index (χ1v) is 8.53. The van der Waals surface area contributed by atoms with Gasteiger partial charge in [0.1, 0.15) is 5.82 Å². The molecule has 3 rings (SSSR count). The number of likely N-dealkylation sites (tertiary alicyclic amines) is 1. The first kappa shape index (κ1) is 14.1. The average molecular weight is 294 g/mol. The fourth-order valence-electron chi connectivity index (χ4n) is 3.02. The summed E-state index contributed by atoms with van der Waals surface area (Å²) in [6.45, 7) is 4.14. The third kappa shape index (κ3) is 3.42. The molecule has 0 radical (unpaired) electrons. The normalized spacial score (nSPS) is 24.9. The van der Waals surface area contributed by atoms with Crippen LogP contribution in [-0.4, -0.2) is 59.5 Å². The Labute approximate surface area is 124 Å². The molecule has 110 valence electrons. The number of aromatic nitrogens is 2. The van der Waals surface area contributed by atoms with Crippen molar-refractivity contribution in [2.24, 2.45) is 0 Å². The summed E-state index contributed by atoms with van der Waals surface area (Å²) in [5.74, 6) is 0.947. The Hall–Kier alpha value is -0.850. The summed E-state index contributed by atoms with van der Waals surface area (Å²) in [6.07, 6.45) is 7.37. The largest absolute Gasteiger partial charge is 0.381 e. The van der Waals surface area contributed by atoms with E-state index < -0.39 is 0 Å². The van der Waals surface area contributed by atoms with E-state index in [0.717, 1.165) is 30.7 Å². The Morgan fingerprint density at radius 3 is 3.00 bits per heavy atom. The molecule has 2 aliphatic rings. The Morgan fingerprint density at radius 2 is 2.20 bits per heavy atom. The standard InChI is InChI=1S/C14H22N4OS/c1-20-14-15-6-2-13(17-14)16-11-3-7-18(10-11)12-4-8-19-9-5-12/h2,6,11-12H,3-5,7-10H2,1H3,(H,15,16,17). The fourth-order valence-corrected chi connectivity index (χ4v) is 3.37. The van der Waals surface area contributed by atoms with Crippen molar-refractivity contribution in [3.63, 3.8) is 0 Å². The molecule has 1 unspecified atom stereocenters. The van der Waals surface area contributed by atoms with Gasteiger partial charge in [-0.2, -0.15) is 0 Å². The van der Waals surface area contributed by atoms with Gasteiger partial charge in [-0.15, -0.1) is 0 Å². The molecule has 0 bridgehead atoms. The monoisotopic (exact) mass is 294 g/mol. The lowest BCUT2D eigenvalue weighted by atomic mass is 10.1. The van der Waals surface area contributed by atoms with Crippen LogP contribution in [0.2, 0.25) is 0 Å². The lowest BCUT2D eigenvalue weighted by Crippen LogP contribution is -2.39. The van der Waals surface area contributed by atoms with Gasteiger partial charge in [-0.1, -0.05) is 11.8 Å². The third-order valence-electron chi connectivity index (χ3n) is 4.09. The van der Waals surface area contributed by atoms with Crippen molar-refractivity contribution < 1.29 is 4.74 Å². The molecule has 1 atom stereocenters. The molecule has 3 heterocycles. The minimum absolute atomic E-state index is 0.502. The molecule has 20 heavy (non-hydrogen) atoms. The van der Waals surface area contributed by atoms with E-state index in [9.17, 15) is 0 Å². The summed E-state index contributed by atoms with van der Waals surface area (Å²) >= 11 is 1.58. The van der Waals surface area contributed by atoms with Crippen molar-refractivity contribution in [2.75, 3.05) is 37.9 Å². The molecule has 0 aliphatic carbocycles. The number of nitrogens with one attached hydrogen (secondary N) is 1. The van der Waals surface area contributed by atoms with Crippen molar-refractivity contribution in [1.82, 2.24) is 14.9 Å². The second kappa shape index (κ2) is 6.74. The third-order valence-corrected chi connectivity index (χ3v) is 4.66. The second-order valence-corrected chi connectivity index (χ2v) is 6.17. The molecule has 0 spiro atoms. The van der Waals surface area contributed by atoms with Crippen LogP contribution in [0.5, 0.6) is 0 Å². The maximum Gasteiger partial charge on any atom is 0.189 e. The molecular weight excluding hydrogens is 272 g/mol. The van der Waals surface area contributed by atoms with E-state index in [4.69, 9.17) is 4.74 Å². The molecule has 1 aromatic rings. The average Bonchev–Trinajstić information content (AvgIpc) is 2.97. The predicted molar refractivity (Wildman–Crippen MR) is 81.3 cm³/mol. The minimum Gasteiger partial charge on any atom is -0.381 e. The molecule has 1 aromatic heterocycles. The maximum atomic E-state index is 5.45. The summed E-state index contributed by atoms with van der Waals surface area (Å²) in [7, 11) is 0. The second-order valence-electron chi connectivity index (χ2n) is 5.40. The molecular formula is C14H22N4OS. The molecule has 0 aromatic carbocycles. The topological polar surface area (TPSA) is 50.3 Å². The van der Waals surface area contributed by atoms with E-state index in [-0.39, 0.29) is 0 Å². The van der Waals surface area contributed by atoms with E-state index in [1.165, 1.54) is 25.8 Å². The summed E-state index contributed by atoms with van der Waals surface area (Å²) in [4.78, 5) is 11.3. The van der Waals surface area contributed by atoms with Crippen LogP contribution in [0.3, 0.4) is 0 Å². The van der Waals surface area contributed by atoms with Crippen LogP contribution in [0.1, 0.15) is 19.3 Å². The van der Waals surface area contributed by atoms with Crippen molar-refractivity contribution in [3.8, 4) is 0 Å². The van der Waals surface area contributed by atoms with E-state index in [1.807, 2.05) is 18.5 Å². The van der Waals surface area contributed by atoms with Gasteiger partial charge < -0.3 is 10.1 Å². The lowest BCUT2D eigenvalue weighted by molar-refractivity contribution is 0.0421. The van der Waals surface area contributed by atoms with Crippen LogP contribution < -0.4 is 5.32 Å². The van der Waals surface area contributed by atoms with Gasteiger partial charge in [0.25, 0.3) is 0 Å². The highest BCUT2D eigenvalue weighted by Crippen LogP contribution is 2.22. The van der Waals surface area contributed by atoms with Crippen molar-refractivity contribution >= 4 is 17.6 Å². The number of ether oxygens (including phenoxy) is 1. The van der Waals surface area contributed by atoms with Crippen molar-refractivity contribution in [3.05, 3.63) is 12.3 Å². The Bertz CT molecular complexity index is 439. The molecule has 2 saturated heterocycles. The van der Waals surface area contributed by atoms with Crippen LogP contribution in [0.4, 0.5) is 5.82 Å². The number of thioether (sulfide) groups is 1. The van der Waals surface area contributed by atoms with Gasteiger partial charge >= 0.3 is 0 Å². The minimum atomic E-state index is 0.502. The van der Waals surface area contributed by atoms with Gasteiger partial charge in [-0.3, -0.25) is 4.90 Å². The van der Waals surface area contributed by atoms with Gasteiger partial charge in [0.2, 0.25) is 0 Å². The van der Waals surface area contributed by atoms with Gasteiger partial charge in [0, 0.05) is 44.6 Å². The van der Waals surface area contributed by atoms with Crippen molar-refractivity contribution in [2.45, 2.75) is 36.5 Å². The Balaban J connectivity index is 1.54. The first-order chi connectivity index (χ1) is 9.85. The highest BCUT2D eigenvalue weighted by atomic mass is 32.2. The van der Waals surface area contributed by atoms with Crippen molar-refractivity contribution in [1.29, 1.82) is 0 Å². The van der Waals surface area contributed by atoms with Crippen LogP contribution >= 0.6 is 11.8 Å². The zero-order valence-corrected chi connectivity index (χ0v) is 12.7. The van der Waals surface area contributed by atoms with Gasteiger partial charge in [-0.05, 0) is 31.6 Å². The quantitative estimate of drug-likeness (QED) is 0.676. The first-order valence-electron chi connectivity index (χ1n) is 7.30. The predicted octanol–water partition coefficient (Wildman–Crippen LogP) is 1.86. The summed E-state index contributed by atoms with van der Waals surface area (Å²) in [5.41, 5.74) is 0. The van der Waals surface area contributed by atoms with Crippen LogP contribution in [-0.2, 0) is 4.74 Å². The number of rotatable bonds is 4. The molecule has 5 nitrogen and oxygen atoms in total. The van der Waals surface area contributed by atoms with Gasteiger partial charge in [-0.25, -0.2) is 9.97 Å². The fraction of sp³-hybridized carbons (Fsp3) is 0.714. The SMILES string of the molecule is CSc1nccc(NC2CCN(C3CCOCC3)C2)n1. The summed E-state index contributed by atoms with van der Waals surface area (Å²) in [5, 5.41) is 4.38. The zero-order chi connectivity index (χ0) is 13.8. The molecule has 2 aliphatic heterocycles. The van der Waals surface area contributed by atoms with Crippen LogP contribution in [0.15, 0.2) is 17.4 Å². The summed E-state index contributed by atoms with van der Waals surface area (Å²) < 4.78 is 5.45. The molecule has 0 saturated carbocycles. The number of hydrogen-bond acceptors (Lipinski definition) is 6. The van der Waals surface area contributed by atoms with Crippen LogP contribution in [0.25, 0.3) is 0 Å². The Kier molecular flexibility index (Phi) is 4.75. The number of hydrogen-bond donors (Lipinski definition) is 1. The Morgan fingerprint density at radius 1 is 1.35 bits per heavy atom. The molecule has 1 N–H and O–H groups in total.